The number of nitrogens with one attached hydrogen (secondary N) is 1. The Hall–Kier alpha value is -2.04. The molecule has 1 aliphatic heterocycles. The molecule has 108 valence electrons. The van der Waals surface area contributed by atoms with E-state index >= 15 is 0 Å². The van der Waals surface area contributed by atoms with Crippen molar-refractivity contribution in [2.45, 2.75) is 25.8 Å². The van der Waals surface area contributed by atoms with Gasteiger partial charge in [0.1, 0.15) is 12.2 Å². The molecule has 1 aliphatic rings. The second-order valence-electron chi connectivity index (χ2n) is 4.89. The van der Waals surface area contributed by atoms with Crippen molar-refractivity contribution >= 4 is 11.8 Å². The second-order valence-corrected chi connectivity index (χ2v) is 4.89. The molecule has 0 spiro atoms. The number of methoxy groups -OCH3 is 1. The molecule has 0 aliphatic carbocycles. The quantitative estimate of drug-likeness (QED) is 0.825. The molecule has 1 fully saturated rings. The molecule has 0 bridgehead atoms. The molecule has 20 heavy (non-hydrogen) atoms. The van der Waals surface area contributed by atoms with Gasteiger partial charge in [0, 0.05) is 19.6 Å². The van der Waals surface area contributed by atoms with Crippen LogP contribution in [0.5, 0.6) is 5.75 Å². The summed E-state index contributed by atoms with van der Waals surface area (Å²) >= 11 is 0. The van der Waals surface area contributed by atoms with Crippen molar-refractivity contribution in [3.8, 4) is 5.75 Å². The summed E-state index contributed by atoms with van der Waals surface area (Å²) in [5, 5.41) is 2.76. The van der Waals surface area contributed by atoms with Crippen LogP contribution in [0.3, 0.4) is 0 Å². The van der Waals surface area contributed by atoms with E-state index in [0.717, 1.165) is 37.2 Å². The zero-order chi connectivity index (χ0) is 14.4. The van der Waals surface area contributed by atoms with Crippen molar-refractivity contribution in [2.24, 2.45) is 0 Å². The minimum Gasteiger partial charge on any atom is -0.497 e. The highest BCUT2D eigenvalue weighted by Gasteiger charge is 2.20. The molecule has 1 saturated heterocycles. The minimum absolute atomic E-state index is 0.0594. The summed E-state index contributed by atoms with van der Waals surface area (Å²) in [6, 6.07) is 7.47. The molecule has 2 rings (SSSR count). The first kappa shape index (κ1) is 14.4. The molecular formula is C15H20N2O3. The van der Waals surface area contributed by atoms with E-state index < -0.39 is 0 Å². The summed E-state index contributed by atoms with van der Waals surface area (Å²) in [4.78, 5) is 25.3. The van der Waals surface area contributed by atoms with Crippen molar-refractivity contribution in [3.05, 3.63) is 29.8 Å². The van der Waals surface area contributed by atoms with Gasteiger partial charge in [0.2, 0.25) is 11.8 Å². The number of hydrogen-bond donors (Lipinski definition) is 1. The Kier molecular flexibility index (Phi) is 4.98. The first-order chi connectivity index (χ1) is 9.69. The van der Waals surface area contributed by atoms with Crippen LogP contribution < -0.4 is 10.1 Å². The normalized spacial score (nSPS) is 14.2. The van der Waals surface area contributed by atoms with Gasteiger partial charge < -0.3 is 15.0 Å². The Morgan fingerprint density at radius 3 is 2.45 bits per heavy atom. The Morgan fingerprint density at radius 2 is 1.85 bits per heavy atom. The zero-order valence-electron chi connectivity index (χ0n) is 11.7. The van der Waals surface area contributed by atoms with Crippen molar-refractivity contribution in [1.29, 1.82) is 0 Å². The van der Waals surface area contributed by atoms with Gasteiger partial charge in [-0.05, 0) is 30.5 Å². The number of likely N-dealkylation sites (tertiary alicyclic amines) is 1. The topological polar surface area (TPSA) is 58.6 Å². The maximum Gasteiger partial charge on any atom is 0.232 e. The fourth-order valence-electron chi connectivity index (χ4n) is 2.22. The Bertz CT molecular complexity index is 465. The van der Waals surface area contributed by atoms with Gasteiger partial charge in [0.15, 0.2) is 0 Å². The number of benzene rings is 1. The first-order valence-corrected chi connectivity index (χ1v) is 6.86. The maximum atomic E-state index is 11.8. The summed E-state index contributed by atoms with van der Waals surface area (Å²) in [6.45, 7) is 1.99. The monoisotopic (exact) mass is 276 g/mol. The molecule has 0 aromatic heterocycles. The highest BCUT2D eigenvalue weighted by Crippen LogP contribution is 2.11. The van der Waals surface area contributed by atoms with Crippen LogP contribution in [0.4, 0.5) is 0 Å². The van der Waals surface area contributed by atoms with E-state index in [1.807, 2.05) is 24.3 Å². The predicted molar refractivity (Wildman–Crippen MR) is 75.3 cm³/mol. The van der Waals surface area contributed by atoms with Gasteiger partial charge in [-0.2, -0.15) is 0 Å². The Balaban J connectivity index is 1.75. The van der Waals surface area contributed by atoms with Gasteiger partial charge in [-0.3, -0.25) is 9.59 Å². The largest absolute Gasteiger partial charge is 0.497 e. The van der Waals surface area contributed by atoms with Gasteiger partial charge in [0.25, 0.3) is 0 Å². The van der Waals surface area contributed by atoms with Crippen molar-refractivity contribution in [1.82, 2.24) is 10.2 Å². The smallest absolute Gasteiger partial charge is 0.232 e. The lowest BCUT2D eigenvalue weighted by Crippen LogP contribution is -2.33. The SMILES string of the molecule is COc1ccc(CNC(=O)CC(=O)N2CCCC2)cc1. The van der Waals surface area contributed by atoms with Crippen LogP contribution in [0.25, 0.3) is 0 Å². The summed E-state index contributed by atoms with van der Waals surface area (Å²) in [7, 11) is 1.61. The molecule has 0 radical (unpaired) electrons. The number of hydrogen-bond acceptors (Lipinski definition) is 3. The molecule has 0 atom stereocenters. The highest BCUT2D eigenvalue weighted by atomic mass is 16.5. The molecule has 1 heterocycles. The number of carbonyl (C=O) groups excluding carboxylic acids is 2. The molecule has 2 amide bonds. The lowest BCUT2D eigenvalue weighted by Gasteiger charge is -2.14. The minimum atomic E-state index is -0.224. The fraction of sp³-hybridized carbons (Fsp3) is 0.467. The molecule has 1 N–H and O–H groups in total. The van der Waals surface area contributed by atoms with Crippen LogP contribution in [0, 0.1) is 0 Å². The highest BCUT2D eigenvalue weighted by molar-refractivity contribution is 5.96. The average Bonchev–Trinajstić information content (AvgIpc) is 3.00. The van der Waals surface area contributed by atoms with Crippen molar-refractivity contribution in [3.63, 3.8) is 0 Å². The molecule has 5 nitrogen and oxygen atoms in total. The van der Waals surface area contributed by atoms with Gasteiger partial charge in [-0.1, -0.05) is 12.1 Å². The summed E-state index contributed by atoms with van der Waals surface area (Å²) < 4.78 is 5.07. The average molecular weight is 276 g/mol. The van der Waals surface area contributed by atoms with Gasteiger partial charge in [0.05, 0.1) is 7.11 Å². The molecule has 1 aromatic carbocycles. The summed E-state index contributed by atoms with van der Waals surface area (Å²) in [5.74, 6) is 0.483. The number of rotatable bonds is 5. The number of ether oxygens (including phenoxy) is 1. The van der Waals surface area contributed by atoms with Crippen LogP contribution in [-0.2, 0) is 16.1 Å². The molecule has 0 saturated carbocycles. The van der Waals surface area contributed by atoms with E-state index in [1.54, 1.807) is 12.0 Å². The van der Waals surface area contributed by atoms with Crippen LogP contribution in [0.15, 0.2) is 24.3 Å². The summed E-state index contributed by atoms with van der Waals surface area (Å²) in [5.41, 5.74) is 0.979. The van der Waals surface area contributed by atoms with Crippen LogP contribution >= 0.6 is 0 Å². The van der Waals surface area contributed by atoms with E-state index in [0.29, 0.717) is 6.54 Å². The van der Waals surface area contributed by atoms with E-state index in [4.69, 9.17) is 4.74 Å². The number of nitrogens with zero attached hydrogens (tertiary/aromatic N) is 1. The fourth-order valence-corrected chi connectivity index (χ4v) is 2.22. The molecular weight excluding hydrogens is 256 g/mol. The third-order valence-electron chi connectivity index (χ3n) is 3.42. The number of carbonyl (C=O) groups is 2. The Labute approximate surface area is 118 Å². The maximum absolute atomic E-state index is 11.8. The van der Waals surface area contributed by atoms with Crippen LogP contribution in [0.1, 0.15) is 24.8 Å². The van der Waals surface area contributed by atoms with Crippen molar-refractivity contribution in [2.75, 3.05) is 20.2 Å². The molecule has 0 unspecified atom stereocenters. The predicted octanol–water partition coefficient (Wildman–Crippen LogP) is 1.32. The van der Waals surface area contributed by atoms with Crippen molar-refractivity contribution < 1.29 is 14.3 Å². The van der Waals surface area contributed by atoms with Gasteiger partial charge in [-0.15, -0.1) is 0 Å². The zero-order valence-corrected chi connectivity index (χ0v) is 11.7. The molecule has 1 aromatic rings. The van der Waals surface area contributed by atoms with Crippen LogP contribution in [0.2, 0.25) is 0 Å². The Morgan fingerprint density at radius 1 is 1.20 bits per heavy atom. The lowest BCUT2D eigenvalue weighted by atomic mass is 10.2. The van der Waals surface area contributed by atoms with Crippen LogP contribution in [-0.4, -0.2) is 36.9 Å². The van der Waals surface area contributed by atoms with Gasteiger partial charge >= 0.3 is 0 Å². The van der Waals surface area contributed by atoms with Gasteiger partial charge in [-0.25, -0.2) is 0 Å². The first-order valence-electron chi connectivity index (χ1n) is 6.86. The molecule has 5 heteroatoms. The van der Waals surface area contributed by atoms with E-state index in [1.165, 1.54) is 0 Å². The van der Waals surface area contributed by atoms with E-state index in [9.17, 15) is 9.59 Å². The number of amides is 2. The third kappa shape index (κ3) is 3.98. The standard InChI is InChI=1S/C15H20N2O3/c1-20-13-6-4-12(5-7-13)11-16-14(18)10-15(19)17-8-2-3-9-17/h4-7H,2-3,8-11H2,1H3,(H,16,18). The van der Waals surface area contributed by atoms with E-state index in [-0.39, 0.29) is 18.2 Å². The summed E-state index contributed by atoms with van der Waals surface area (Å²) in [6.07, 6.45) is 2.02. The van der Waals surface area contributed by atoms with E-state index in [2.05, 4.69) is 5.32 Å². The lowest BCUT2D eigenvalue weighted by molar-refractivity contribution is -0.135. The second kappa shape index (κ2) is 6.93. The third-order valence-corrected chi connectivity index (χ3v) is 3.42.